The number of aromatic hydroxyl groups is 1. The molecule has 0 radical (unpaired) electrons. The normalized spacial score (nSPS) is 16.3. The molecular weight excluding hydrogens is 354 g/mol. The lowest BCUT2D eigenvalue weighted by atomic mass is 9.93. The van der Waals surface area contributed by atoms with Crippen molar-refractivity contribution in [3.8, 4) is 17.1 Å². The first-order valence-electron chi connectivity index (χ1n) is 9.24. The highest BCUT2D eigenvalue weighted by Crippen LogP contribution is 2.33. The zero-order valence-electron chi connectivity index (χ0n) is 15.5. The van der Waals surface area contributed by atoms with Crippen molar-refractivity contribution in [3.63, 3.8) is 0 Å². The van der Waals surface area contributed by atoms with Gasteiger partial charge in [-0.15, -0.1) is 0 Å². The van der Waals surface area contributed by atoms with Gasteiger partial charge >= 0.3 is 5.97 Å². The van der Waals surface area contributed by atoms with E-state index >= 15 is 0 Å². The summed E-state index contributed by atoms with van der Waals surface area (Å²) in [6.45, 7) is 3.39. The van der Waals surface area contributed by atoms with Gasteiger partial charge in [0.25, 0.3) is 0 Å². The van der Waals surface area contributed by atoms with Gasteiger partial charge in [-0.05, 0) is 37.1 Å². The summed E-state index contributed by atoms with van der Waals surface area (Å²) in [5.74, 6) is 0.669. The highest BCUT2D eigenvalue weighted by Gasteiger charge is 2.28. The molecule has 2 aromatic carbocycles. The molecule has 4 rings (SSSR count). The highest BCUT2D eigenvalue weighted by atomic mass is 16.4. The number of carboxylic acid groups (broad SMARTS) is 1. The summed E-state index contributed by atoms with van der Waals surface area (Å²) in [5.41, 5.74) is 2.64. The average molecular weight is 375 g/mol. The molecule has 3 aromatic rings. The summed E-state index contributed by atoms with van der Waals surface area (Å²) >= 11 is 0. The van der Waals surface area contributed by atoms with Gasteiger partial charge in [0.2, 0.25) is 0 Å². The third-order valence-corrected chi connectivity index (χ3v) is 5.13. The minimum atomic E-state index is -0.895. The van der Waals surface area contributed by atoms with Crippen LogP contribution in [0.15, 0.2) is 54.6 Å². The Balaban J connectivity index is 1.63. The molecule has 0 spiro atoms. The molecule has 1 saturated heterocycles. The van der Waals surface area contributed by atoms with Gasteiger partial charge in [0.15, 0.2) is 5.82 Å². The van der Waals surface area contributed by atoms with Gasteiger partial charge in [-0.2, -0.15) is 0 Å². The molecule has 0 amide bonds. The van der Waals surface area contributed by atoms with E-state index in [0.29, 0.717) is 23.5 Å². The number of carboxylic acids is 1. The maximum Gasteiger partial charge on any atom is 0.335 e. The number of benzene rings is 2. The zero-order valence-corrected chi connectivity index (χ0v) is 15.5. The third-order valence-electron chi connectivity index (χ3n) is 5.13. The van der Waals surface area contributed by atoms with Gasteiger partial charge in [0, 0.05) is 30.8 Å². The second-order valence-corrected chi connectivity index (χ2v) is 7.03. The number of hydrogen-bond donors (Lipinski definition) is 2. The maximum absolute atomic E-state index is 11.6. The molecule has 1 aliphatic heterocycles. The van der Waals surface area contributed by atoms with E-state index in [9.17, 15) is 15.0 Å². The number of phenolic OH excluding ortho intramolecular Hbond substituents is 1. The fourth-order valence-corrected chi connectivity index (χ4v) is 3.77. The van der Waals surface area contributed by atoms with E-state index < -0.39 is 5.97 Å². The van der Waals surface area contributed by atoms with Crippen LogP contribution in [-0.2, 0) is 0 Å². The first kappa shape index (κ1) is 18.0. The molecule has 0 aliphatic carbocycles. The van der Waals surface area contributed by atoms with Gasteiger partial charge in [-0.1, -0.05) is 30.3 Å². The Bertz CT molecular complexity index is 1040. The number of aromatic carboxylic acids is 1. The highest BCUT2D eigenvalue weighted by molar-refractivity contribution is 5.89. The summed E-state index contributed by atoms with van der Waals surface area (Å²) in [5, 5.41) is 19.6. The van der Waals surface area contributed by atoms with E-state index in [1.54, 1.807) is 30.3 Å². The standard InChI is InChI=1S/C22H21N3O3/c1-14-12-20(24-21(23-14)18-8-4-5-9-19(18)26)25-11-10-15(13-25)16-6-2-3-7-17(16)22(27)28/h2-9,12,15,26H,10-11,13H2,1H3,(H,27,28)/t15-/m1/s1. The largest absolute Gasteiger partial charge is 0.507 e. The van der Waals surface area contributed by atoms with Crippen molar-refractivity contribution < 1.29 is 15.0 Å². The van der Waals surface area contributed by atoms with Crippen molar-refractivity contribution in [3.05, 3.63) is 71.4 Å². The Kier molecular flexibility index (Phi) is 4.69. The summed E-state index contributed by atoms with van der Waals surface area (Å²) in [6.07, 6.45) is 0.860. The number of anilines is 1. The van der Waals surface area contributed by atoms with Gasteiger partial charge in [-0.3, -0.25) is 0 Å². The van der Waals surface area contributed by atoms with Crippen LogP contribution in [0.4, 0.5) is 5.82 Å². The van der Waals surface area contributed by atoms with Crippen molar-refractivity contribution in [2.45, 2.75) is 19.3 Å². The summed E-state index contributed by atoms with van der Waals surface area (Å²) in [6, 6.07) is 16.1. The van der Waals surface area contributed by atoms with Gasteiger partial charge in [0.1, 0.15) is 11.6 Å². The predicted octanol–water partition coefficient (Wildman–Crippen LogP) is 3.85. The third kappa shape index (κ3) is 3.41. The predicted molar refractivity (Wildman–Crippen MR) is 107 cm³/mol. The summed E-state index contributed by atoms with van der Waals surface area (Å²) in [7, 11) is 0. The van der Waals surface area contributed by atoms with E-state index in [0.717, 1.165) is 30.0 Å². The molecule has 1 aliphatic rings. The van der Waals surface area contributed by atoms with Gasteiger partial charge in [0.05, 0.1) is 11.1 Å². The van der Waals surface area contributed by atoms with Crippen molar-refractivity contribution >= 4 is 11.8 Å². The molecule has 6 nitrogen and oxygen atoms in total. The van der Waals surface area contributed by atoms with Crippen molar-refractivity contribution in [2.24, 2.45) is 0 Å². The molecule has 1 aromatic heterocycles. The van der Waals surface area contributed by atoms with Crippen LogP contribution in [0.25, 0.3) is 11.4 Å². The molecule has 0 bridgehead atoms. The zero-order chi connectivity index (χ0) is 19.7. The van der Waals surface area contributed by atoms with Crippen molar-refractivity contribution in [1.29, 1.82) is 0 Å². The lowest BCUT2D eigenvalue weighted by molar-refractivity contribution is 0.0695. The Morgan fingerprint density at radius 1 is 1.11 bits per heavy atom. The smallest absolute Gasteiger partial charge is 0.335 e. The monoisotopic (exact) mass is 375 g/mol. The van der Waals surface area contributed by atoms with Crippen LogP contribution in [-0.4, -0.2) is 39.2 Å². The van der Waals surface area contributed by atoms with E-state index in [1.165, 1.54) is 0 Å². The Morgan fingerprint density at radius 2 is 1.86 bits per heavy atom. The quantitative estimate of drug-likeness (QED) is 0.720. The van der Waals surface area contributed by atoms with Crippen LogP contribution < -0.4 is 4.90 Å². The second kappa shape index (κ2) is 7.31. The SMILES string of the molecule is Cc1cc(N2CC[C@@H](c3ccccc3C(=O)O)C2)nc(-c2ccccc2O)n1. The lowest BCUT2D eigenvalue weighted by Crippen LogP contribution is -2.21. The minimum Gasteiger partial charge on any atom is -0.507 e. The molecule has 6 heteroatoms. The van der Waals surface area contributed by atoms with E-state index in [2.05, 4.69) is 14.9 Å². The number of hydrogen-bond acceptors (Lipinski definition) is 5. The average Bonchev–Trinajstić information content (AvgIpc) is 3.18. The number of phenols is 1. The summed E-state index contributed by atoms with van der Waals surface area (Å²) < 4.78 is 0. The van der Waals surface area contributed by atoms with Crippen LogP contribution in [0, 0.1) is 6.92 Å². The first-order chi connectivity index (χ1) is 13.5. The van der Waals surface area contributed by atoms with Crippen LogP contribution >= 0.6 is 0 Å². The number of aromatic nitrogens is 2. The van der Waals surface area contributed by atoms with E-state index in [1.807, 2.05) is 31.2 Å². The molecule has 2 N–H and O–H groups in total. The molecule has 0 saturated carbocycles. The van der Waals surface area contributed by atoms with Crippen LogP contribution in [0.1, 0.15) is 34.0 Å². The van der Waals surface area contributed by atoms with E-state index in [-0.39, 0.29) is 11.7 Å². The fraction of sp³-hybridized carbons (Fsp3) is 0.227. The molecule has 0 unspecified atom stereocenters. The van der Waals surface area contributed by atoms with Crippen molar-refractivity contribution in [1.82, 2.24) is 9.97 Å². The number of rotatable bonds is 4. The first-order valence-corrected chi connectivity index (χ1v) is 9.24. The molecule has 1 atom stereocenters. The molecule has 1 fully saturated rings. The topological polar surface area (TPSA) is 86.6 Å². The minimum absolute atomic E-state index is 0.135. The number of aryl methyl sites for hydroxylation is 1. The second-order valence-electron chi connectivity index (χ2n) is 7.03. The fourth-order valence-electron chi connectivity index (χ4n) is 3.77. The van der Waals surface area contributed by atoms with Gasteiger partial charge < -0.3 is 15.1 Å². The molecule has 142 valence electrons. The lowest BCUT2D eigenvalue weighted by Gasteiger charge is -2.19. The Hall–Kier alpha value is -3.41. The molecule has 2 heterocycles. The van der Waals surface area contributed by atoms with Crippen LogP contribution in [0.5, 0.6) is 5.75 Å². The van der Waals surface area contributed by atoms with Crippen LogP contribution in [0.3, 0.4) is 0 Å². The Morgan fingerprint density at radius 3 is 2.64 bits per heavy atom. The van der Waals surface area contributed by atoms with Gasteiger partial charge in [-0.25, -0.2) is 14.8 Å². The number of para-hydroxylation sites is 1. The maximum atomic E-state index is 11.6. The van der Waals surface area contributed by atoms with E-state index in [4.69, 9.17) is 0 Å². The number of carbonyl (C=O) groups is 1. The number of nitrogens with zero attached hydrogens (tertiary/aromatic N) is 3. The Labute approximate surface area is 163 Å². The van der Waals surface area contributed by atoms with Crippen molar-refractivity contribution in [2.75, 3.05) is 18.0 Å². The molecular formula is C22H21N3O3. The van der Waals surface area contributed by atoms with Crippen LogP contribution in [0.2, 0.25) is 0 Å². The molecule has 28 heavy (non-hydrogen) atoms. The summed E-state index contributed by atoms with van der Waals surface area (Å²) in [4.78, 5) is 22.9.